The van der Waals surface area contributed by atoms with Crippen LogP contribution in [0.15, 0.2) is 288 Å². The number of furan rings is 2. The fraction of sp³-hybridized carbons (Fsp3) is 0.0235. The predicted molar refractivity (Wildman–Crippen MR) is 378 cm³/mol. The van der Waals surface area contributed by atoms with Crippen LogP contribution in [0.4, 0.5) is 0 Å². The van der Waals surface area contributed by atoms with Crippen LogP contribution in [0.1, 0.15) is 24.0 Å². The molecule has 428 valence electrons. The lowest BCUT2D eigenvalue weighted by Gasteiger charge is -2.29. The fourth-order valence-electron chi connectivity index (χ4n) is 16.0. The third-order valence-corrected chi connectivity index (χ3v) is 19.7. The molecule has 0 saturated heterocycles. The van der Waals surface area contributed by atoms with Gasteiger partial charge in [0, 0.05) is 70.4 Å². The fourth-order valence-corrected chi connectivity index (χ4v) is 16.0. The van der Waals surface area contributed by atoms with Gasteiger partial charge >= 0.3 is 0 Å². The molecule has 1 aliphatic rings. The summed E-state index contributed by atoms with van der Waals surface area (Å²) in [5.41, 5.74) is 21.2. The van der Waals surface area contributed by atoms with Gasteiger partial charge in [-0.3, -0.25) is 0 Å². The largest absolute Gasteiger partial charge is 0.455 e. The van der Waals surface area contributed by atoms with Crippen LogP contribution >= 0.6 is 0 Å². The van der Waals surface area contributed by atoms with Gasteiger partial charge in [-0.25, -0.2) is 0 Å². The molecule has 92 heavy (non-hydrogen) atoms. The van der Waals surface area contributed by atoms with E-state index >= 15 is 0 Å². The number of nitrogens with zero attached hydrogens (tertiary/aromatic N) is 5. The first-order chi connectivity index (χ1) is 45.7. The molecule has 0 aliphatic heterocycles. The van der Waals surface area contributed by atoms with Crippen LogP contribution in [-0.2, 0) is 0 Å². The maximum absolute atomic E-state index is 13.2. The number of benzene rings is 13. The van der Waals surface area contributed by atoms with Crippen molar-refractivity contribution in [1.82, 2.24) is 18.3 Å². The minimum atomic E-state index is 0.494. The first-order valence-electron chi connectivity index (χ1n) is 31.5. The molecule has 20 rings (SSSR count). The van der Waals surface area contributed by atoms with Crippen molar-refractivity contribution in [3.05, 3.63) is 301 Å². The third kappa shape index (κ3) is 6.87. The summed E-state index contributed by atoms with van der Waals surface area (Å²) in [5.74, 6) is 0. The van der Waals surface area contributed by atoms with Crippen molar-refractivity contribution >= 4 is 132 Å². The van der Waals surface area contributed by atoms with Crippen molar-refractivity contribution < 1.29 is 8.83 Å². The van der Waals surface area contributed by atoms with Gasteiger partial charge in [0.1, 0.15) is 33.8 Å². The highest BCUT2D eigenvalue weighted by molar-refractivity contribution is 6.26. The lowest BCUT2D eigenvalue weighted by molar-refractivity contribution is 0.571. The average molecular weight is 1170 g/mol. The highest BCUT2D eigenvalue weighted by atomic mass is 16.3. The summed E-state index contributed by atoms with van der Waals surface area (Å²) in [6, 6.07) is 103. The van der Waals surface area contributed by atoms with Gasteiger partial charge in [0.25, 0.3) is 0 Å². The van der Waals surface area contributed by atoms with E-state index in [1.54, 1.807) is 0 Å². The Kier molecular flexibility index (Phi) is 10.6. The molecule has 0 saturated carbocycles. The zero-order valence-electron chi connectivity index (χ0n) is 49.6. The normalized spacial score (nSPS) is 12.8. The maximum Gasteiger partial charge on any atom is 0.145 e. The van der Waals surface area contributed by atoms with Crippen molar-refractivity contribution in [2.24, 2.45) is 0 Å². The van der Waals surface area contributed by atoms with Crippen molar-refractivity contribution in [2.45, 2.75) is 12.8 Å². The Bertz CT molecular complexity index is 6460. The van der Waals surface area contributed by atoms with E-state index in [2.05, 4.69) is 309 Å². The Balaban J connectivity index is 1.06. The highest BCUT2D eigenvalue weighted by Crippen LogP contribution is 2.53. The second kappa shape index (κ2) is 19.3. The first kappa shape index (κ1) is 50.6. The number of fused-ring (bicyclic) bond motifs is 20. The van der Waals surface area contributed by atoms with Crippen molar-refractivity contribution in [3.63, 3.8) is 0 Å². The summed E-state index contributed by atoms with van der Waals surface area (Å²) in [5, 5.41) is 25.9. The van der Waals surface area contributed by atoms with Gasteiger partial charge < -0.3 is 27.1 Å². The zero-order valence-corrected chi connectivity index (χ0v) is 49.6. The molecule has 0 radical (unpaired) electrons. The molecule has 0 N–H and O–H groups in total. The number of nitriles is 1. The molecule has 0 amide bonds. The molecule has 0 bridgehead atoms. The van der Waals surface area contributed by atoms with Crippen LogP contribution in [0.2, 0.25) is 0 Å². The maximum atomic E-state index is 13.2. The Morgan fingerprint density at radius 2 is 0.696 bits per heavy atom. The van der Waals surface area contributed by atoms with Crippen LogP contribution in [0.3, 0.4) is 0 Å². The molecule has 0 unspecified atom stereocenters. The molecule has 0 atom stereocenters. The molecular formula is C85H51N5O2. The quantitative estimate of drug-likeness (QED) is 0.160. The van der Waals surface area contributed by atoms with Crippen LogP contribution in [0.25, 0.3) is 177 Å². The summed E-state index contributed by atoms with van der Waals surface area (Å²) in [7, 11) is 0. The lowest BCUT2D eigenvalue weighted by atomic mass is 9.93. The van der Waals surface area contributed by atoms with E-state index in [1.165, 1.54) is 11.1 Å². The van der Waals surface area contributed by atoms with Crippen molar-refractivity contribution in [1.29, 1.82) is 5.26 Å². The summed E-state index contributed by atoms with van der Waals surface area (Å²) < 4.78 is 24.6. The summed E-state index contributed by atoms with van der Waals surface area (Å²) >= 11 is 0. The van der Waals surface area contributed by atoms with E-state index in [0.29, 0.717) is 5.56 Å². The van der Waals surface area contributed by atoms with Crippen LogP contribution in [0.5, 0.6) is 0 Å². The Morgan fingerprint density at radius 1 is 0.304 bits per heavy atom. The lowest BCUT2D eigenvalue weighted by Crippen LogP contribution is -2.26. The molecule has 6 aromatic heterocycles. The van der Waals surface area contributed by atoms with E-state index < -0.39 is 0 Å². The molecule has 7 nitrogen and oxygen atoms in total. The molecular weight excluding hydrogens is 1120 g/mol. The van der Waals surface area contributed by atoms with Gasteiger partial charge in [-0.2, -0.15) is 5.26 Å². The molecule has 7 heteroatoms. The predicted octanol–water partition coefficient (Wildman–Crippen LogP) is 20.7. The van der Waals surface area contributed by atoms with Gasteiger partial charge in [0.15, 0.2) is 0 Å². The minimum Gasteiger partial charge on any atom is -0.455 e. The smallest absolute Gasteiger partial charge is 0.145 e. The number of para-hydroxylation sites is 7. The van der Waals surface area contributed by atoms with E-state index in [-0.39, 0.29) is 0 Å². The number of aromatic nitrogens is 4. The molecule has 0 spiro atoms. The SMILES string of the molecule is N#Cc1c(-n2c3ccccc3c3ccccc32)c(-n2c3ccccc3c3c4oc5c(c4ccc32)=CCCC=5c2ccccc2)c(-c2ccccc2)c(-n2c3ccccc3c3c4oc5c(-c6ccccc6)cccc5c4ccc32)c1-n1c2ccccc2c2ccccc21. The standard InChI is InChI=1S/C85H51N5O2/c86-50-66-78(87-67-40-16-10-30-56(67)57-31-11-17-41-68(57)87)80(89-71-44-20-14-34-64(71)76-73(89)48-46-62-60-38-22-36-54(82(60)91-84(62)76)51-24-4-1-5-25-51)75(53-28-8-3-9-29-53)81(79(66)88-69-42-18-12-32-58(69)59-33-13-19-43-70(59)88)90-72-45-21-15-35-65(72)77-74(90)49-47-63-61-39-23-37-55(83(61)92-85(63)77)52-26-6-2-7-27-52/h1-22,24-36,38-49H,23,37H2. The minimum absolute atomic E-state index is 0.494. The Labute approximate surface area is 525 Å². The second-order valence-electron chi connectivity index (χ2n) is 24.3. The molecule has 13 aromatic carbocycles. The van der Waals surface area contributed by atoms with Crippen LogP contribution in [-0.4, -0.2) is 18.3 Å². The number of hydrogen-bond acceptors (Lipinski definition) is 3. The highest BCUT2D eigenvalue weighted by Gasteiger charge is 2.36. The molecule has 6 heterocycles. The summed E-state index contributed by atoms with van der Waals surface area (Å²) in [6.45, 7) is 0. The van der Waals surface area contributed by atoms with Crippen LogP contribution < -0.4 is 10.6 Å². The third-order valence-electron chi connectivity index (χ3n) is 19.7. The summed E-state index contributed by atoms with van der Waals surface area (Å²) in [4.78, 5) is 0. The van der Waals surface area contributed by atoms with Crippen molar-refractivity contribution in [3.8, 4) is 51.1 Å². The van der Waals surface area contributed by atoms with Gasteiger partial charge in [0.2, 0.25) is 0 Å². The van der Waals surface area contributed by atoms with E-state index in [9.17, 15) is 5.26 Å². The molecule has 19 aromatic rings. The van der Waals surface area contributed by atoms with E-state index in [1.807, 2.05) is 0 Å². The van der Waals surface area contributed by atoms with E-state index in [0.717, 1.165) is 189 Å². The molecule has 1 aliphatic carbocycles. The number of rotatable bonds is 7. The van der Waals surface area contributed by atoms with Gasteiger partial charge in [-0.05, 0) is 90.2 Å². The van der Waals surface area contributed by atoms with Crippen LogP contribution in [0, 0.1) is 11.3 Å². The Hall–Kier alpha value is -12.4. The van der Waals surface area contributed by atoms with Gasteiger partial charge in [-0.1, -0.05) is 224 Å². The average Bonchev–Trinajstić information content (AvgIpc) is 1.45. The topological polar surface area (TPSA) is 69.8 Å². The summed E-state index contributed by atoms with van der Waals surface area (Å²) in [6.07, 6.45) is 4.14. The van der Waals surface area contributed by atoms with Gasteiger partial charge in [0.05, 0.1) is 77.7 Å². The molecule has 0 fully saturated rings. The van der Waals surface area contributed by atoms with Gasteiger partial charge in [-0.15, -0.1) is 0 Å². The number of hydrogen-bond donors (Lipinski definition) is 0. The first-order valence-corrected chi connectivity index (χ1v) is 31.5. The monoisotopic (exact) mass is 1170 g/mol. The zero-order chi connectivity index (χ0) is 60.3. The van der Waals surface area contributed by atoms with E-state index in [4.69, 9.17) is 8.83 Å². The Morgan fingerprint density at radius 3 is 1.20 bits per heavy atom. The van der Waals surface area contributed by atoms with Crippen molar-refractivity contribution in [2.75, 3.05) is 0 Å². The second-order valence-corrected chi connectivity index (χ2v) is 24.3.